The molecule has 18 heavy (non-hydrogen) atoms. The third-order valence-electron chi connectivity index (χ3n) is 3.75. The summed E-state index contributed by atoms with van der Waals surface area (Å²) >= 11 is 0. The lowest BCUT2D eigenvalue weighted by atomic mass is 9.92. The van der Waals surface area contributed by atoms with E-state index in [0.29, 0.717) is 11.6 Å². The van der Waals surface area contributed by atoms with Crippen molar-refractivity contribution in [3.8, 4) is 0 Å². The van der Waals surface area contributed by atoms with Crippen molar-refractivity contribution in [2.24, 2.45) is 0 Å². The van der Waals surface area contributed by atoms with Crippen LogP contribution in [0.2, 0.25) is 0 Å². The van der Waals surface area contributed by atoms with Crippen LogP contribution in [0.4, 0.5) is 0 Å². The van der Waals surface area contributed by atoms with E-state index in [9.17, 15) is 4.79 Å². The molecule has 0 aliphatic carbocycles. The van der Waals surface area contributed by atoms with Crippen LogP contribution < -0.4 is 5.48 Å². The molecule has 3 rings (SSSR count). The Morgan fingerprint density at radius 3 is 3.17 bits per heavy atom. The Balaban J connectivity index is 1.88. The van der Waals surface area contributed by atoms with E-state index < -0.39 is 5.91 Å². The molecule has 0 saturated carbocycles. The average molecular weight is 248 g/mol. The highest BCUT2D eigenvalue weighted by Gasteiger charge is 2.29. The highest BCUT2D eigenvalue weighted by molar-refractivity contribution is 5.93. The molecule has 0 spiro atoms. The second kappa shape index (κ2) is 4.68. The number of nitrogens with one attached hydrogen (secondary N) is 1. The van der Waals surface area contributed by atoms with Crippen LogP contribution in [-0.4, -0.2) is 41.8 Å². The van der Waals surface area contributed by atoms with Crippen molar-refractivity contribution in [2.45, 2.75) is 19.0 Å². The Labute approximate surface area is 105 Å². The maximum Gasteiger partial charge on any atom is 0.274 e. The largest absolute Gasteiger partial charge is 0.378 e. The summed E-state index contributed by atoms with van der Waals surface area (Å²) in [7, 11) is 0. The van der Waals surface area contributed by atoms with Crippen molar-refractivity contribution in [3.05, 3.63) is 34.9 Å². The van der Waals surface area contributed by atoms with Gasteiger partial charge in [0.25, 0.3) is 5.91 Å². The van der Waals surface area contributed by atoms with Crippen molar-refractivity contribution in [1.82, 2.24) is 10.4 Å². The zero-order chi connectivity index (χ0) is 12.5. The van der Waals surface area contributed by atoms with E-state index in [4.69, 9.17) is 9.94 Å². The number of ether oxygens (including phenoxy) is 1. The molecule has 5 heteroatoms. The quantitative estimate of drug-likeness (QED) is 0.563. The topological polar surface area (TPSA) is 61.8 Å². The number of amides is 1. The average Bonchev–Trinajstić information content (AvgIpc) is 2.43. The fraction of sp³-hybridized carbons (Fsp3) is 0.462. The maximum absolute atomic E-state index is 11.4. The van der Waals surface area contributed by atoms with Crippen molar-refractivity contribution < 1.29 is 14.7 Å². The van der Waals surface area contributed by atoms with Crippen LogP contribution in [-0.2, 0) is 17.7 Å². The number of benzene rings is 1. The molecule has 2 N–H and O–H groups in total. The molecule has 1 amide bonds. The second-order valence-corrected chi connectivity index (χ2v) is 4.83. The number of hydrogen-bond donors (Lipinski definition) is 2. The Morgan fingerprint density at radius 2 is 2.33 bits per heavy atom. The minimum absolute atomic E-state index is 0.415. The number of nitrogens with zero attached hydrogens (tertiary/aromatic N) is 1. The van der Waals surface area contributed by atoms with Crippen LogP contribution in [0.15, 0.2) is 18.2 Å². The smallest absolute Gasteiger partial charge is 0.274 e. The van der Waals surface area contributed by atoms with Gasteiger partial charge in [-0.2, -0.15) is 0 Å². The highest BCUT2D eigenvalue weighted by Crippen LogP contribution is 2.26. The molecule has 0 unspecified atom stereocenters. The molecule has 1 fully saturated rings. The molecule has 0 aromatic heterocycles. The van der Waals surface area contributed by atoms with Gasteiger partial charge in [-0.3, -0.25) is 14.9 Å². The van der Waals surface area contributed by atoms with E-state index in [2.05, 4.69) is 4.90 Å². The van der Waals surface area contributed by atoms with Gasteiger partial charge >= 0.3 is 0 Å². The Morgan fingerprint density at radius 1 is 1.44 bits per heavy atom. The molecule has 1 atom stereocenters. The minimum atomic E-state index is -0.458. The predicted octanol–water partition coefficient (Wildman–Crippen LogP) is 0.562. The van der Waals surface area contributed by atoms with Crippen molar-refractivity contribution in [3.63, 3.8) is 0 Å². The number of rotatable bonds is 1. The molecule has 1 aromatic carbocycles. The summed E-state index contributed by atoms with van der Waals surface area (Å²) in [6.45, 7) is 3.46. The van der Waals surface area contributed by atoms with E-state index in [1.807, 2.05) is 12.1 Å². The first-order valence-corrected chi connectivity index (χ1v) is 6.16. The second-order valence-electron chi connectivity index (χ2n) is 4.83. The first-order valence-electron chi connectivity index (χ1n) is 6.16. The molecular formula is C13H16N2O3. The molecule has 96 valence electrons. The maximum atomic E-state index is 11.4. The number of morpholine rings is 1. The number of hydrogen-bond acceptors (Lipinski definition) is 4. The Hall–Kier alpha value is -1.43. The normalized spacial score (nSPS) is 23.1. The van der Waals surface area contributed by atoms with Crippen LogP contribution in [0, 0.1) is 0 Å². The van der Waals surface area contributed by atoms with Gasteiger partial charge in [0.2, 0.25) is 0 Å². The van der Waals surface area contributed by atoms with E-state index in [1.165, 1.54) is 11.1 Å². The first kappa shape index (κ1) is 11.6. The van der Waals surface area contributed by atoms with E-state index in [1.54, 1.807) is 11.5 Å². The minimum Gasteiger partial charge on any atom is -0.378 e. The molecule has 1 aromatic rings. The van der Waals surface area contributed by atoms with Gasteiger partial charge in [-0.25, -0.2) is 5.48 Å². The molecule has 2 aliphatic heterocycles. The van der Waals surface area contributed by atoms with Crippen LogP contribution >= 0.6 is 0 Å². The van der Waals surface area contributed by atoms with Gasteiger partial charge in [0.15, 0.2) is 0 Å². The van der Waals surface area contributed by atoms with Crippen molar-refractivity contribution in [1.29, 1.82) is 0 Å². The van der Waals surface area contributed by atoms with E-state index >= 15 is 0 Å². The summed E-state index contributed by atoms with van der Waals surface area (Å²) in [5, 5.41) is 8.65. The fourth-order valence-corrected chi connectivity index (χ4v) is 2.73. The fourth-order valence-electron chi connectivity index (χ4n) is 2.73. The van der Waals surface area contributed by atoms with Gasteiger partial charge in [-0.1, -0.05) is 6.07 Å². The summed E-state index contributed by atoms with van der Waals surface area (Å²) in [6.07, 6.45) is 0.905. The van der Waals surface area contributed by atoms with Crippen LogP contribution in [0.5, 0.6) is 0 Å². The third-order valence-corrected chi connectivity index (χ3v) is 3.75. The van der Waals surface area contributed by atoms with Crippen LogP contribution in [0.3, 0.4) is 0 Å². The highest BCUT2D eigenvalue weighted by atomic mass is 16.5. The molecule has 0 bridgehead atoms. The zero-order valence-electron chi connectivity index (χ0n) is 10.1. The Kier molecular flexibility index (Phi) is 3.03. The van der Waals surface area contributed by atoms with Gasteiger partial charge in [-0.15, -0.1) is 0 Å². The number of carbonyl (C=O) groups is 1. The molecule has 1 saturated heterocycles. The summed E-state index contributed by atoms with van der Waals surface area (Å²) in [5.74, 6) is -0.458. The molecule has 5 nitrogen and oxygen atoms in total. The van der Waals surface area contributed by atoms with E-state index in [-0.39, 0.29) is 0 Å². The van der Waals surface area contributed by atoms with Crippen molar-refractivity contribution in [2.75, 3.05) is 19.8 Å². The van der Waals surface area contributed by atoms with Crippen molar-refractivity contribution >= 4 is 5.91 Å². The van der Waals surface area contributed by atoms with Gasteiger partial charge in [-0.05, 0) is 29.7 Å². The standard InChI is InChI=1S/C13H16N2O3/c16-13(14-17)9-1-2-10-7-15-3-4-18-8-12(15)6-11(10)5-9/h1-2,5,12,17H,3-4,6-8H2,(H,14,16)/t12-/m0/s1. The lowest BCUT2D eigenvalue weighted by Crippen LogP contribution is -2.48. The van der Waals surface area contributed by atoms with Gasteiger partial charge < -0.3 is 4.74 Å². The molecule has 0 radical (unpaired) electrons. The predicted molar refractivity (Wildman–Crippen MR) is 64.4 cm³/mol. The molecule has 2 aliphatic rings. The summed E-state index contributed by atoms with van der Waals surface area (Å²) < 4.78 is 5.49. The summed E-state index contributed by atoms with van der Waals surface area (Å²) in [4.78, 5) is 13.8. The zero-order valence-corrected chi connectivity index (χ0v) is 10.1. The van der Waals surface area contributed by atoms with E-state index in [0.717, 1.165) is 32.7 Å². The third kappa shape index (κ3) is 2.01. The summed E-state index contributed by atoms with van der Waals surface area (Å²) in [5.41, 5.74) is 4.62. The van der Waals surface area contributed by atoms with Crippen LogP contribution in [0.1, 0.15) is 21.5 Å². The van der Waals surface area contributed by atoms with Gasteiger partial charge in [0.1, 0.15) is 0 Å². The number of hydroxylamine groups is 1. The molecular weight excluding hydrogens is 232 g/mol. The molecule has 2 heterocycles. The number of carbonyl (C=O) groups excluding carboxylic acids is 1. The lowest BCUT2D eigenvalue weighted by Gasteiger charge is -2.40. The van der Waals surface area contributed by atoms with Gasteiger partial charge in [0, 0.05) is 24.7 Å². The van der Waals surface area contributed by atoms with Crippen LogP contribution in [0.25, 0.3) is 0 Å². The Bertz CT molecular complexity index is 475. The monoisotopic (exact) mass is 248 g/mol. The number of fused-ring (bicyclic) bond motifs is 2. The lowest BCUT2D eigenvalue weighted by molar-refractivity contribution is -0.0163. The van der Waals surface area contributed by atoms with Gasteiger partial charge in [0.05, 0.1) is 13.2 Å². The SMILES string of the molecule is O=C(NO)c1ccc2c(c1)C[C@H]1COCCN1C2. The summed E-state index contributed by atoms with van der Waals surface area (Å²) in [6, 6.07) is 6.02. The first-order chi connectivity index (χ1) is 8.78.